The SMILES string of the molecule is CC1OC(C)C(C(=O)Cc2ccc3ccccc3n2)C1C. The van der Waals surface area contributed by atoms with Crippen molar-refractivity contribution >= 4 is 16.7 Å². The minimum absolute atomic E-state index is 0.00274. The molecule has 2 heterocycles. The number of carbonyl (C=O) groups excluding carboxylic acids is 1. The summed E-state index contributed by atoms with van der Waals surface area (Å²) in [5.41, 5.74) is 1.79. The minimum atomic E-state index is -0.0201. The average molecular weight is 283 g/mol. The Morgan fingerprint density at radius 2 is 1.86 bits per heavy atom. The third-order valence-electron chi connectivity index (χ3n) is 4.63. The normalized spacial score (nSPS) is 28.9. The molecule has 3 rings (SSSR count). The third-order valence-corrected chi connectivity index (χ3v) is 4.63. The summed E-state index contributed by atoms with van der Waals surface area (Å²) < 4.78 is 5.77. The number of nitrogens with zero attached hydrogens (tertiary/aromatic N) is 1. The van der Waals surface area contributed by atoms with E-state index < -0.39 is 0 Å². The second-order valence-electron chi connectivity index (χ2n) is 6.07. The molecule has 1 fully saturated rings. The van der Waals surface area contributed by atoms with Crippen LogP contribution in [0.1, 0.15) is 26.5 Å². The van der Waals surface area contributed by atoms with Gasteiger partial charge in [-0.25, -0.2) is 0 Å². The van der Waals surface area contributed by atoms with E-state index in [4.69, 9.17) is 4.74 Å². The van der Waals surface area contributed by atoms with Crippen LogP contribution in [0.25, 0.3) is 10.9 Å². The minimum Gasteiger partial charge on any atom is -0.375 e. The first-order valence-electron chi connectivity index (χ1n) is 7.59. The highest BCUT2D eigenvalue weighted by molar-refractivity contribution is 5.85. The zero-order valence-electron chi connectivity index (χ0n) is 12.7. The average Bonchev–Trinajstić information content (AvgIpc) is 2.72. The summed E-state index contributed by atoms with van der Waals surface area (Å²) in [5, 5.41) is 1.10. The first-order chi connectivity index (χ1) is 10.1. The zero-order chi connectivity index (χ0) is 15.0. The number of hydrogen-bond acceptors (Lipinski definition) is 3. The van der Waals surface area contributed by atoms with Crippen molar-refractivity contribution in [3.05, 3.63) is 42.1 Å². The largest absolute Gasteiger partial charge is 0.375 e. The van der Waals surface area contributed by atoms with E-state index in [9.17, 15) is 4.79 Å². The van der Waals surface area contributed by atoms with E-state index in [2.05, 4.69) is 11.9 Å². The fraction of sp³-hybridized carbons (Fsp3) is 0.444. The number of aromatic nitrogens is 1. The summed E-state index contributed by atoms with van der Waals surface area (Å²) >= 11 is 0. The number of para-hydroxylation sites is 1. The number of benzene rings is 1. The molecule has 0 aliphatic carbocycles. The molecular weight excluding hydrogens is 262 g/mol. The maximum Gasteiger partial charge on any atom is 0.144 e. The molecule has 0 radical (unpaired) electrons. The molecule has 4 unspecified atom stereocenters. The maximum atomic E-state index is 12.6. The molecule has 1 aromatic carbocycles. The van der Waals surface area contributed by atoms with Gasteiger partial charge in [0.1, 0.15) is 5.78 Å². The molecule has 3 nitrogen and oxygen atoms in total. The molecular formula is C18H21NO2. The Labute approximate surface area is 125 Å². The molecule has 0 saturated carbocycles. The van der Waals surface area contributed by atoms with Gasteiger partial charge < -0.3 is 4.74 Å². The molecule has 110 valence electrons. The molecule has 1 aromatic heterocycles. The molecule has 1 aliphatic rings. The van der Waals surface area contributed by atoms with E-state index in [1.54, 1.807) is 0 Å². The molecule has 2 aromatic rings. The van der Waals surface area contributed by atoms with E-state index in [1.807, 2.05) is 50.2 Å². The van der Waals surface area contributed by atoms with Crippen LogP contribution >= 0.6 is 0 Å². The van der Waals surface area contributed by atoms with Gasteiger partial charge in [-0.15, -0.1) is 0 Å². The van der Waals surface area contributed by atoms with Crippen molar-refractivity contribution in [1.29, 1.82) is 0 Å². The van der Waals surface area contributed by atoms with E-state index in [1.165, 1.54) is 0 Å². The molecule has 0 bridgehead atoms. The molecule has 1 aliphatic heterocycles. The monoisotopic (exact) mass is 283 g/mol. The van der Waals surface area contributed by atoms with Gasteiger partial charge in [0.15, 0.2) is 0 Å². The van der Waals surface area contributed by atoms with Crippen molar-refractivity contribution in [1.82, 2.24) is 4.98 Å². The molecule has 4 atom stereocenters. The lowest BCUT2D eigenvalue weighted by molar-refractivity contribution is -0.124. The van der Waals surface area contributed by atoms with Crippen LogP contribution in [0.5, 0.6) is 0 Å². The van der Waals surface area contributed by atoms with Gasteiger partial charge in [-0.2, -0.15) is 0 Å². The lowest BCUT2D eigenvalue weighted by Gasteiger charge is -2.16. The molecule has 21 heavy (non-hydrogen) atoms. The van der Waals surface area contributed by atoms with Gasteiger partial charge in [0.25, 0.3) is 0 Å². The second kappa shape index (κ2) is 5.57. The van der Waals surface area contributed by atoms with Crippen molar-refractivity contribution in [3.63, 3.8) is 0 Å². The van der Waals surface area contributed by atoms with E-state index >= 15 is 0 Å². The number of pyridine rings is 1. The predicted molar refractivity (Wildman–Crippen MR) is 83.1 cm³/mol. The Balaban J connectivity index is 1.80. The van der Waals surface area contributed by atoms with Crippen molar-refractivity contribution in [2.75, 3.05) is 0 Å². The van der Waals surface area contributed by atoms with Gasteiger partial charge in [-0.3, -0.25) is 9.78 Å². The lowest BCUT2D eigenvalue weighted by atomic mass is 9.84. The van der Waals surface area contributed by atoms with E-state index in [0.717, 1.165) is 16.6 Å². The molecule has 0 spiro atoms. The number of ketones is 1. The van der Waals surface area contributed by atoms with Gasteiger partial charge >= 0.3 is 0 Å². The summed E-state index contributed by atoms with van der Waals surface area (Å²) in [6.45, 7) is 6.14. The highest BCUT2D eigenvalue weighted by atomic mass is 16.5. The fourth-order valence-electron chi connectivity index (χ4n) is 3.32. The van der Waals surface area contributed by atoms with Crippen molar-refractivity contribution in [2.24, 2.45) is 11.8 Å². The van der Waals surface area contributed by atoms with Gasteiger partial charge in [-0.05, 0) is 31.9 Å². The zero-order valence-corrected chi connectivity index (χ0v) is 12.7. The number of carbonyl (C=O) groups is 1. The van der Waals surface area contributed by atoms with Crippen LogP contribution in [0.4, 0.5) is 0 Å². The highest BCUT2D eigenvalue weighted by Gasteiger charge is 2.41. The van der Waals surface area contributed by atoms with Crippen LogP contribution in [-0.2, 0) is 16.0 Å². The highest BCUT2D eigenvalue weighted by Crippen LogP contribution is 2.33. The molecule has 0 N–H and O–H groups in total. The number of hydrogen-bond donors (Lipinski definition) is 0. The second-order valence-corrected chi connectivity index (χ2v) is 6.07. The number of Topliss-reactive ketones (excluding diaryl/α,β-unsaturated/α-hetero) is 1. The Hall–Kier alpha value is -1.74. The van der Waals surface area contributed by atoms with E-state index in [0.29, 0.717) is 6.42 Å². The Morgan fingerprint density at radius 3 is 2.57 bits per heavy atom. The van der Waals surface area contributed by atoms with E-state index in [-0.39, 0.29) is 29.8 Å². The van der Waals surface area contributed by atoms with Gasteiger partial charge in [0.05, 0.1) is 17.7 Å². The van der Waals surface area contributed by atoms with Crippen molar-refractivity contribution in [3.8, 4) is 0 Å². The smallest absolute Gasteiger partial charge is 0.144 e. The summed E-state index contributed by atoms with van der Waals surface area (Å²) in [6.07, 6.45) is 0.543. The number of rotatable bonds is 3. The first kappa shape index (κ1) is 14.2. The van der Waals surface area contributed by atoms with Gasteiger partial charge in [0, 0.05) is 23.4 Å². The van der Waals surface area contributed by atoms with Crippen LogP contribution in [0.15, 0.2) is 36.4 Å². The standard InChI is InChI=1S/C18H21NO2/c1-11-12(2)21-13(3)18(11)17(20)10-15-9-8-14-6-4-5-7-16(14)19-15/h4-9,11-13,18H,10H2,1-3H3. The van der Waals surface area contributed by atoms with Crippen molar-refractivity contribution in [2.45, 2.75) is 39.4 Å². The third kappa shape index (κ3) is 2.70. The van der Waals surface area contributed by atoms with Gasteiger partial charge in [-0.1, -0.05) is 31.2 Å². The molecule has 1 saturated heterocycles. The Bertz CT molecular complexity index is 667. The number of ether oxygens (including phenoxy) is 1. The Morgan fingerprint density at radius 1 is 1.10 bits per heavy atom. The van der Waals surface area contributed by atoms with Crippen LogP contribution in [0.2, 0.25) is 0 Å². The predicted octanol–water partition coefficient (Wildman–Crippen LogP) is 3.41. The van der Waals surface area contributed by atoms with Gasteiger partial charge in [0.2, 0.25) is 0 Å². The van der Waals surface area contributed by atoms with Crippen LogP contribution in [0, 0.1) is 11.8 Å². The fourth-order valence-corrected chi connectivity index (χ4v) is 3.32. The summed E-state index contributed by atoms with van der Waals surface area (Å²) in [5.74, 6) is 0.489. The number of fused-ring (bicyclic) bond motifs is 1. The van der Waals surface area contributed by atoms with Crippen molar-refractivity contribution < 1.29 is 9.53 Å². The topological polar surface area (TPSA) is 39.2 Å². The lowest BCUT2D eigenvalue weighted by Crippen LogP contribution is -2.28. The molecule has 0 amide bonds. The summed E-state index contributed by atoms with van der Waals surface area (Å²) in [6, 6.07) is 12.0. The van der Waals surface area contributed by atoms with Crippen LogP contribution in [0.3, 0.4) is 0 Å². The summed E-state index contributed by atoms with van der Waals surface area (Å²) in [4.78, 5) is 17.2. The molecule has 3 heteroatoms. The quantitative estimate of drug-likeness (QED) is 0.866. The summed E-state index contributed by atoms with van der Waals surface area (Å²) in [7, 11) is 0. The van der Waals surface area contributed by atoms with Crippen LogP contribution < -0.4 is 0 Å². The first-order valence-corrected chi connectivity index (χ1v) is 7.59. The van der Waals surface area contributed by atoms with Crippen LogP contribution in [-0.4, -0.2) is 23.0 Å². The Kier molecular flexibility index (Phi) is 3.77. The maximum absolute atomic E-state index is 12.6.